The maximum absolute atomic E-state index is 12.5. The summed E-state index contributed by atoms with van der Waals surface area (Å²) in [5.41, 5.74) is 2.80. The van der Waals surface area contributed by atoms with Crippen molar-refractivity contribution in [1.29, 1.82) is 5.41 Å². The van der Waals surface area contributed by atoms with E-state index in [0.29, 0.717) is 40.3 Å². The number of amides is 1. The molecule has 158 valence electrons. The zero-order valence-corrected chi connectivity index (χ0v) is 18.0. The third kappa shape index (κ3) is 4.04. The Morgan fingerprint density at radius 2 is 2.03 bits per heavy atom. The molecule has 0 spiro atoms. The highest BCUT2D eigenvalue weighted by molar-refractivity contribution is 6.33. The van der Waals surface area contributed by atoms with Crippen LogP contribution in [0.1, 0.15) is 23.6 Å². The minimum atomic E-state index is -0.527. The van der Waals surface area contributed by atoms with Crippen LogP contribution in [0.25, 0.3) is 6.08 Å². The highest BCUT2D eigenvalue weighted by atomic mass is 35.5. The Kier molecular flexibility index (Phi) is 5.52. The van der Waals surface area contributed by atoms with Crippen molar-refractivity contribution in [3.63, 3.8) is 0 Å². The van der Waals surface area contributed by atoms with Crippen molar-refractivity contribution in [1.82, 2.24) is 5.06 Å². The lowest BCUT2D eigenvalue weighted by Gasteiger charge is -2.23. The maximum atomic E-state index is 12.5. The number of rotatable bonds is 5. The number of hydrogen-bond acceptors (Lipinski definition) is 5. The normalized spacial score (nSPS) is 16.6. The Labute approximate surface area is 184 Å². The standard InChI is InChI=1S/C23H20ClN3O4/c1-13-6-4-5-7-16(13)12-30-21-18(24)10-15(11-19(21)29-3)9-17-22(25)27-20(26-23(17)28)8-14(2)31-27/h4-11,25H,12H2,1-3H3/b17-9+,25-22?. The zero-order valence-electron chi connectivity index (χ0n) is 17.2. The number of benzene rings is 2. The molecule has 0 aliphatic carbocycles. The van der Waals surface area contributed by atoms with E-state index in [1.807, 2.05) is 31.2 Å². The molecule has 0 bridgehead atoms. The molecule has 1 amide bonds. The molecule has 0 fully saturated rings. The van der Waals surface area contributed by atoms with Crippen molar-refractivity contribution in [2.75, 3.05) is 7.11 Å². The fourth-order valence-corrected chi connectivity index (χ4v) is 3.53. The number of aryl methyl sites for hydroxylation is 1. The van der Waals surface area contributed by atoms with Crippen LogP contribution in [0.15, 0.2) is 58.8 Å². The summed E-state index contributed by atoms with van der Waals surface area (Å²) in [7, 11) is 1.51. The van der Waals surface area contributed by atoms with Gasteiger partial charge in [-0.05, 0) is 48.7 Å². The average Bonchev–Trinajstić information content (AvgIpc) is 3.11. The molecule has 2 aliphatic rings. The van der Waals surface area contributed by atoms with Gasteiger partial charge in [-0.2, -0.15) is 4.99 Å². The summed E-state index contributed by atoms with van der Waals surface area (Å²) < 4.78 is 11.4. The molecular weight excluding hydrogens is 418 g/mol. The third-order valence-electron chi connectivity index (χ3n) is 4.88. The minimum absolute atomic E-state index is 0.0820. The summed E-state index contributed by atoms with van der Waals surface area (Å²) in [5.74, 6) is 1.04. The van der Waals surface area contributed by atoms with E-state index >= 15 is 0 Å². The topological polar surface area (TPSA) is 84.2 Å². The number of carbonyl (C=O) groups is 1. The molecule has 7 nitrogen and oxygen atoms in total. The van der Waals surface area contributed by atoms with Crippen molar-refractivity contribution in [2.45, 2.75) is 20.5 Å². The van der Waals surface area contributed by atoms with E-state index < -0.39 is 5.91 Å². The number of nitrogens with zero attached hydrogens (tertiary/aromatic N) is 2. The van der Waals surface area contributed by atoms with E-state index in [-0.39, 0.29) is 11.4 Å². The van der Waals surface area contributed by atoms with Gasteiger partial charge in [-0.3, -0.25) is 10.2 Å². The number of methoxy groups -OCH3 is 1. The van der Waals surface area contributed by atoms with Crippen molar-refractivity contribution in [3.05, 3.63) is 75.5 Å². The average molecular weight is 438 g/mol. The van der Waals surface area contributed by atoms with Gasteiger partial charge >= 0.3 is 0 Å². The Balaban J connectivity index is 1.62. The first-order valence-corrected chi connectivity index (χ1v) is 9.90. The predicted octanol–water partition coefficient (Wildman–Crippen LogP) is 4.69. The van der Waals surface area contributed by atoms with Crippen LogP contribution in [0.2, 0.25) is 5.02 Å². The fraction of sp³-hybridized carbons (Fsp3) is 0.174. The molecule has 2 aromatic rings. The highest BCUT2D eigenvalue weighted by Gasteiger charge is 2.34. The first-order chi connectivity index (χ1) is 14.9. The number of amidine groups is 2. The van der Waals surface area contributed by atoms with Crippen LogP contribution in [0.3, 0.4) is 0 Å². The van der Waals surface area contributed by atoms with Crippen LogP contribution < -0.4 is 9.47 Å². The van der Waals surface area contributed by atoms with E-state index in [4.69, 9.17) is 31.3 Å². The molecule has 4 rings (SSSR count). The maximum Gasteiger partial charge on any atom is 0.282 e. The molecule has 0 atom stereocenters. The Hall–Kier alpha value is -3.58. The summed E-state index contributed by atoms with van der Waals surface area (Å²) in [4.78, 5) is 21.9. The Morgan fingerprint density at radius 1 is 1.26 bits per heavy atom. The van der Waals surface area contributed by atoms with Gasteiger partial charge in [-0.25, -0.2) is 0 Å². The minimum Gasteiger partial charge on any atom is -0.493 e. The lowest BCUT2D eigenvalue weighted by molar-refractivity contribution is -0.114. The molecule has 1 N–H and O–H groups in total. The van der Waals surface area contributed by atoms with Crippen molar-refractivity contribution >= 4 is 35.3 Å². The molecule has 2 aliphatic heterocycles. The largest absolute Gasteiger partial charge is 0.493 e. The molecule has 8 heteroatoms. The van der Waals surface area contributed by atoms with Crippen LogP contribution in [0.4, 0.5) is 0 Å². The van der Waals surface area contributed by atoms with Crippen LogP contribution >= 0.6 is 11.6 Å². The fourth-order valence-electron chi connectivity index (χ4n) is 3.25. The summed E-state index contributed by atoms with van der Waals surface area (Å²) >= 11 is 6.47. The van der Waals surface area contributed by atoms with Crippen LogP contribution in [0.5, 0.6) is 11.5 Å². The number of ether oxygens (including phenoxy) is 2. The van der Waals surface area contributed by atoms with Gasteiger partial charge in [0.25, 0.3) is 5.91 Å². The highest BCUT2D eigenvalue weighted by Crippen LogP contribution is 2.38. The smallest absolute Gasteiger partial charge is 0.282 e. The lowest BCUT2D eigenvalue weighted by Crippen LogP contribution is -2.38. The van der Waals surface area contributed by atoms with Gasteiger partial charge in [0.15, 0.2) is 23.2 Å². The quantitative estimate of drug-likeness (QED) is 0.686. The van der Waals surface area contributed by atoms with Gasteiger partial charge in [0.1, 0.15) is 12.4 Å². The molecule has 31 heavy (non-hydrogen) atoms. The zero-order chi connectivity index (χ0) is 22.1. The van der Waals surface area contributed by atoms with Crippen molar-refractivity contribution in [3.8, 4) is 11.5 Å². The first-order valence-electron chi connectivity index (χ1n) is 9.52. The summed E-state index contributed by atoms with van der Waals surface area (Å²) in [6.45, 7) is 4.07. The van der Waals surface area contributed by atoms with E-state index in [2.05, 4.69) is 4.99 Å². The van der Waals surface area contributed by atoms with E-state index in [0.717, 1.165) is 11.1 Å². The van der Waals surface area contributed by atoms with Gasteiger partial charge in [0, 0.05) is 6.08 Å². The van der Waals surface area contributed by atoms with E-state index in [1.54, 1.807) is 25.1 Å². The van der Waals surface area contributed by atoms with E-state index in [1.165, 1.54) is 18.2 Å². The molecule has 0 saturated carbocycles. The number of hydrogen-bond donors (Lipinski definition) is 1. The number of allylic oxidation sites excluding steroid dienone is 1. The summed E-state index contributed by atoms with van der Waals surface area (Å²) in [6.07, 6.45) is 3.13. The lowest BCUT2D eigenvalue weighted by atomic mass is 10.1. The molecule has 0 radical (unpaired) electrons. The summed E-state index contributed by atoms with van der Waals surface area (Å²) in [6, 6.07) is 11.3. The second-order valence-corrected chi connectivity index (χ2v) is 7.48. The predicted molar refractivity (Wildman–Crippen MR) is 118 cm³/mol. The molecule has 0 aromatic heterocycles. The molecule has 2 aromatic carbocycles. The molecule has 0 saturated heterocycles. The summed E-state index contributed by atoms with van der Waals surface area (Å²) in [5, 5.41) is 9.86. The SMILES string of the molecule is COc1cc(/C=C2\C(=N)N3OC(C)=CC3=NC2=O)cc(Cl)c1OCc1ccccc1C. The number of hydroxylamine groups is 2. The molecule has 0 unspecified atom stereocenters. The Bertz CT molecular complexity index is 1180. The van der Waals surface area contributed by atoms with Gasteiger partial charge in [0.05, 0.1) is 17.7 Å². The molecule has 2 heterocycles. The van der Waals surface area contributed by atoms with Crippen LogP contribution in [-0.2, 0) is 16.2 Å². The number of fused-ring (bicyclic) bond motifs is 1. The van der Waals surface area contributed by atoms with Gasteiger partial charge < -0.3 is 14.3 Å². The van der Waals surface area contributed by atoms with Gasteiger partial charge in [0.2, 0.25) is 0 Å². The second-order valence-electron chi connectivity index (χ2n) is 7.07. The van der Waals surface area contributed by atoms with Crippen molar-refractivity contribution < 1.29 is 19.1 Å². The van der Waals surface area contributed by atoms with Crippen LogP contribution in [-0.4, -0.2) is 29.8 Å². The van der Waals surface area contributed by atoms with Gasteiger partial charge in [-0.15, -0.1) is 5.06 Å². The van der Waals surface area contributed by atoms with Gasteiger partial charge in [-0.1, -0.05) is 35.9 Å². The number of aliphatic imine (C=N–C) groups is 1. The number of halogens is 1. The monoisotopic (exact) mass is 437 g/mol. The van der Waals surface area contributed by atoms with Crippen molar-refractivity contribution in [2.24, 2.45) is 4.99 Å². The Morgan fingerprint density at radius 3 is 2.77 bits per heavy atom. The first kappa shape index (κ1) is 20.7. The van der Waals surface area contributed by atoms with Crippen LogP contribution in [0, 0.1) is 12.3 Å². The number of carbonyl (C=O) groups excluding carboxylic acids is 1. The third-order valence-corrected chi connectivity index (χ3v) is 5.16. The second kappa shape index (κ2) is 8.28. The molecular formula is C23H20ClN3O4. The van der Waals surface area contributed by atoms with E-state index in [9.17, 15) is 4.79 Å². The number of nitrogens with one attached hydrogen (secondary N) is 1.